The highest BCUT2D eigenvalue weighted by atomic mass is 16.5. The van der Waals surface area contributed by atoms with Crippen LogP contribution in [-0.4, -0.2) is 54.1 Å². The number of morpholine rings is 1. The van der Waals surface area contributed by atoms with Gasteiger partial charge in [0.05, 0.1) is 26.0 Å². The van der Waals surface area contributed by atoms with Crippen LogP contribution in [0.1, 0.15) is 22.6 Å². The molecule has 0 amide bonds. The molecule has 2 N–H and O–H groups in total. The minimum atomic E-state index is 0.507. The van der Waals surface area contributed by atoms with Crippen molar-refractivity contribution >= 4 is 17.7 Å². The minimum Gasteiger partial charge on any atom is -0.477 e. The first-order valence-electron chi connectivity index (χ1n) is 10.5. The third-order valence-corrected chi connectivity index (χ3v) is 4.97. The van der Waals surface area contributed by atoms with Crippen LogP contribution in [0.4, 0.5) is 11.5 Å². The number of aromatic amines is 1. The second-order valence-corrected chi connectivity index (χ2v) is 7.52. The molecular formula is C23H28N6O2. The Bertz CT molecular complexity index is 1030. The molecule has 0 radical (unpaired) electrons. The van der Waals surface area contributed by atoms with Crippen molar-refractivity contribution in [3.63, 3.8) is 0 Å². The van der Waals surface area contributed by atoms with Gasteiger partial charge in [0.25, 0.3) is 0 Å². The van der Waals surface area contributed by atoms with E-state index in [2.05, 4.69) is 49.4 Å². The predicted octanol–water partition coefficient (Wildman–Crippen LogP) is 3.33. The highest BCUT2D eigenvalue weighted by molar-refractivity contribution is 5.80. The van der Waals surface area contributed by atoms with Crippen molar-refractivity contribution in [3.05, 3.63) is 65.2 Å². The van der Waals surface area contributed by atoms with E-state index in [1.165, 1.54) is 5.56 Å². The number of H-pyrrole nitrogens is 1. The molecule has 1 fully saturated rings. The van der Waals surface area contributed by atoms with E-state index in [9.17, 15) is 0 Å². The van der Waals surface area contributed by atoms with Gasteiger partial charge in [-0.3, -0.25) is 5.43 Å². The number of nitrogens with one attached hydrogen (secondary N) is 2. The summed E-state index contributed by atoms with van der Waals surface area (Å²) in [5, 5.41) is 4.36. The first kappa shape index (κ1) is 20.9. The summed E-state index contributed by atoms with van der Waals surface area (Å²) in [4.78, 5) is 14.3. The zero-order chi connectivity index (χ0) is 21.5. The number of benzene rings is 1. The number of hydrogen-bond donors (Lipinski definition) is 2. The fourth-order valence-electron chi connectivity index (χ4n) is 3.41. The van der Waals surface area contributed by atoms with E-state index in [0.717, 1.165) is 42.3 Å². The molecule has 1 aliphatic rings. The van der Waals surface area contributed by atoms with Crippen LogP contribution in [0, 0.1) is 13.8 Å². The quantitative estimate of drug-likeness (QED) is 0.429. The van der Waals surface area contributed by atoms with Crippen molar-refractivity contribution in [2.24, 2.45) is 5.10 Å². The van der Waals surface area contributed by atoms with E-state index in [4.69, 9.17) is 9.47 Å². The molecule has 4 rings (SSSR count). The van der Waals surface area contributed by atoms with Gasteiger partial charge in [-0.15, -0.1) is 0 Å². The first-order chi connectivity index (χ1) is 15.2. The maximum absolute atomic E-state index is 5.96. The Morgan fingerprint density at radius 1 is 1.23 bits per heavy atom. The van der Waals surface area contributed by atoms with Crippen molar-refractivity contribution in [2.75, 3.05) is 43.2 Å². The molecule has 31 heavy (non-hydrogen) atoms. The Kier molecular flexibility index (Phi) is 6.78. The maximum Gasteiger partial charge on any atom is 0.217 e. The van der Waals surface area contributed by atoms with Crippen molar-refractivity contribution in [2.45, 2.75) is 20.3 Å². The van der Waals surface area contributed by atoms with Gasteiger partial charge in [0.15, 0.2) is 5.82 Å². The fraction of sp³-hybridized carbons (Fsp3) is 0.348. The van der Waals surface area contributed by atoms with Gasteiger partial charge in [0, 0.05) is 49.2 Å². The number of rotatable bonds is 8. The lowest BCUT2D eigenvalue weighted by Crippen LogP contribution is -2.36. The molecule has 0 spiro atoms. The van der Waals surface area contributed by atoms with Crippen LogP contribution >= 0.6 is 0 Å². The molecule has 0 aliphatic carbocycles. The standard InChI is InChI=1S/C23H28N6O2/c1-17-4-3-5-19(12-17)15-25-28-22-13-21(29-7-10-30-11-8-29)14-23(27-22)31-9-6-20-16-24-18(2)26-20/h3-5,12-16H,6-11H2,1-2H3,(H,24,26)(H,27,28). The lowest BCUT2D eigenvalue weighted by atomic mass is 10.2. The number of anilines is 2. The van der Waals surface area contributed by atoms with Crippen LogP contribution in [0.5, 0.6) is 5.88 Å². The Labute approximate surface area is 182 Å². The number of ether oxygens (including phenoxy) is 2. The van der Waals surface area contributed by atoms with E-state index < -0.39 is 0 Å². The molecule has 2 aromatic heterocycles. The Morgan fingerprint density at radius 3 is 2.87 bits per heavy atom. The topological polar surface area (TPSA) is 87.7 Å². The summed E-state index contributed by atoms with van der Waals surface area (Å²) < 4.78 is 11.4. The largest absolute Gasteiger partial charge is 0.477 e. The van der Waals surface area contributed by atoms with Crippen LogP contribution in [0.15, 0.2) is 47.7 Å². The molecule has 0 unspecified atom stereocenters. The minimum absolute atomic E-state index is 0.507. The van der Waals surface area contributed by atoms with Gasteiger partial charge >= 0.3 is 0 Å². The summed E-state index contributed by atoms with van der Waals surface area (Å²) in [7, 11) is 0. The van der Waals surface area contributed by atoms with Crippen LogP contribution in [0.3, 0.4) is 0 Å². The Hall–Kier alpha value is -3.39. The summed E-state index contributed by atoms with van der Waals surface area (Å²) in [6, 6.07) is 12.1. The van der Waals surface area contributed by atoms with Crippen LogP contribution < -0.4 is 15.1 Å². The number of hydrogen-bond acceptors (Lipinski definition) is 7. The van der Waals surface area contributed by atoms with Crippen molar-refractivity contribution in [3.8, 4) is 5.88 Å². The molecule has 1 aromatic carbocycles. The summed E-state index contributed by atoms with van der Waals surface area (Å²) >= 11 is 0. The van der Waals surface area contributed by atoms with Crippen molar-refractivity contribution < 1.29 is 9.47 Å². The van der Waals surface area contributed by atoms with Crippen molar-refractivity contribution in [1.29, 1.82) is 0 Å². The number of aromatic nitrogens is 3. The summed E-state index contributed by atoms with van der Waals surface area (Å²) in [6.45, 7) is 7.61. The molecule has 1 saturated heterocycles. The summed E-state index contributed by atoms with van der Waals surface area (Å²) in [5.41, 5.74) is 7.36. The van der Waals surface area contributed by atoms with Gasteiger partial charge in [-0.1, -0.05) is 29.8 Å². The molecule has 8 heteroatoms. The predicted molar refractivity (Wildman–Crippen MR) is 122 cm³/mol. The van der Waals surface area contributed by atoms with Gasteiger partial charge in [0.1, 0.15) is 5.82 Å². The lowest BCUT2D eigenvalue weighted by molar-refractivity contribution is 0.122. The average molecular weight is 421 g/mol. The second-order valence-electron chi connectivity index (χ2n) is 7.52. The zero-order valence-corrected chi connectivity index (χ0v) is 18.0. The smallest absolute Gasteiger partial charge is 0.217 e. The molecule has 0 saturated carbocycles. The number of hydrazone groups is 1. The number of imidazole rings is 1. The molecule has 3 heterocycles. The van der Waals surface area contributed by atoms with Gasteiger partial charge in [-0.05, 0) is 19.4 Å². The highest BCUT2D eigenvalue weighted by Crippen LogP contribution is 2.25. The Balaban J connectivity index is 1.46. The zero-order valence-electron chi connectivity index (χ0n) is 18.0. The molecular weight excluding hydrogens is 392 g/mol. The number of aryl methyl sites for hydroxylation is 2. The van der Waals surface area contributed by atoms with Gasteiger partial charge < -0.3 is 19.4 Å². The molecule has 0 atom stereocenters. The van der Waals surface area contributed by atoms with E-state index >= 15 is 0 Å². The van der Waals surface area contributed by atoms with Crippen LogP contribution in [-0.2, 0) is 11.2 Å². The van der Waals surface area contributed by atoms with Gasteiger partial charge in [-0.2, -0.15) is 10.1 Å². The molecule has 3 aromatic rings. The summed E-state index contributed by atoms with van der Waals surface area (Å²) in [5.74, 6) is 2.11. The molecule has 0 bridgehead atoms. The third-order valence-electron chi connectivity index (χ3n) is 4.97. The van der Waals surface area contributed by atoms with E-state index in [0.29, 0.717) is 31.5 Å². The highest BCUT2D eigenvalue weighted by Gasteiger charge is 2.14. The third kappa shape index (κ3) is 6.05. The Morgan fingerprint density at radius 2 is 2.10 bits per heavy atom. The van der Waals surface area contributed by atoms with E-state index in [1.54, 1.807) is 6.21 Å². The molecule has 8 nitrogen and oxygen atoms in total. The van der Waals surface area contributed by atoms with Gasteiger partial charge in [0.2, 0.25) is 5.88 Å². The lowest BCUT2D eigenvalue weighted by Gasteiger charge is -2.29. The monoisotopic (exact) mass is 420 g/mol. The fourth-order valence-corrected chi connectivity index (χ4v) is 3.41. The average Bonchev–Trinajstić information content (AvgIpc) is 3.19. The maximum atomic E-state index is 5.96. The number of nitrogens with zero attached hydrogens (tertiary/aromatic N) is 4. The van der Waals surface area contributed by atoms with Crippen molar-refractivity contribution in [1.82, 2.24) is 15.0 Å². The van der Waals surface area contributed by atoms with Gasteiger partial charge in [-0.25, -0.2) is 4.98 Å². The van der Waals surface area contributed by atoms with Crippen LogP contribution in [0.25, 0.3) is 0 Å². The second kappa shape index (κ2) is 10.1. The van der Waals surface area contributed by atoms with E-state index in [-0.39, 0.29) is 0 Å². The SMILES string of the molecule is Cc1cccc(C=NNc2cc(N3CCOCC3)cc(OCCc3cnc(C)[nH]3)n2)c1. The van der Waals surface area contributed by atoms with Crippen LogP contribution in [0.2, 0.25) is 0 Å². The number of pyridine rings is 1. The summed E-state index contributed by atoms with van der Waals surface area (Å²) in [6.07, 6.45) is 4.36. The normalized spacial score (nSPS) is 14.2. The molecule has 1 aliphatic heterocycles. The molecule has 162 valence electrons. The first-order valence-corrected chi connectivity index (χ1v) is 10.5. The van der Waals surface area contributed by atoms with E-state index in [1.807, 2.05) is 37.4 Å².